The molecule has 1 saturated heterocycles. The number of aromatic amines is 1. The van der Waals surface area contributed by atoms with Gasteiger partial charge in [0.1, 0.15) is 10.7 Å². The van der Waals surface area contributed by atoms with E-state index in [1.165, 1.54) is 35.0 Å². The first-order chi connectivity index (χ1) is 15.1. The topological polar surface area (TPSA) is 95.2 Å². The van der Waals surface area contributed by atoms with Crippen molar-refractivity contribution in [3.8, 4) is 0 Å². The van der Waals surface area contributed by atoms with E-state index in [1.54, 1.807) is 11.3 Å². The standard InChI is InChI=1S/C22H28N4O3S2/c27-18(26-8-2-3-14(10-26)20(28)23-9-13-6-7-13)12-30-11-17-24-21(29)19-15-4-1-5-16(15)31-22(19)25-17/h13-14H,1-12H2,(H,23,28)(H,24,25,29). The van der Waals surface area contributed by atoms with Crippen LogP contribution in [-0.4, -0.2) is 52.1 Å². The third-order valence-corrected chi connectivity index (χ3v) is 8.61. The number of fused-ring (bicyclic) bond motifs is 3. The molecular formula is C22H28N4O3S2. The molecule has 1 aliphatic heterocycles. The number of thioether (sulfide) groups is 1. The number of amides is 2. The van der Waals surface area contributed by atoms with Gasteiger partial charge in [-0.25, -0.2) is 4.98 Å². The van der Waals surface area contributed by atoms with Crippen molar-refractivity contribution in [2.24, 2.45) is 11.8 Å². The number of aryl methyl sites for hydroxylation is 2. The van der Waals surface area contributed by atoms with Crippen molar-refractivity contribution in [2.75, 3.05) is 25.4 Å². The summed E-state index contributed by atoms with van der Waals surface area (Å²) in [5.74, 6) is 2.18. The highest BCUT2D eigenvalue weighted by Gasteiger charge is 2.30. The molecule has 1 saturated carbocycles. The minimum absolute atomic E-state index is 0.0533. The summed E-state index contributed by atoms with van der Waals surface area (Å²) < 4.78 is 0. The predicted molar refractivity (Wildman–Crippen MR) is 123 cm³/mol. The molecule has 0 aromatic carbocycles. The number of rotatable bonds is 7. The summed E-state index contributed by atoms with van der Waals surface area (Å²) in [7, 11) is 0. The highest BCUT2D eigenvalue weighted by molar-refractivity contribution is 7.99. The molecule has 5 rings (SSSR count). The predicted octanol–water partition coefficient (Wildman–Crippen LogP) is 2.47. The molecule has 0 bridgehead atoms. The fraction of sp³-hybridized carbons (Fsp3) is 0.636. The zero-order valence-corrected chi connectivity index (χ0v) is 19.2. The Bertz CT molecular complexity index is 1060. The Hall–Kier alpha value is -1.87. The number of piperidine rings is 1. The van der Waals surface area contributed by atoms with Gasteiger partial charge in [-0.05, 0) is 56.4 Å². The molecule has 9 heteroatoms. The van der Waals surface area contributed by atoms with E-state index in [2.05, 4.69) is 15.3 Å². The first-order valence-electron chi connectivity index (χ1n) is 11.2. The normalized spacial score (nSPS) is 20.8. The van der Waals surface area contributed by atoms with Gasteiger partial charge in [-0.2, -0.15) is 0 Å². The van der Waals surface area contributed by atoms with E-state index in [1.807, 2.05) is 4.90 Å². The van der Waals surface area contributed by atoms with E-state index >= 15 is 0 Å². The molecule has 31 heavy (non-hydrogen) atoms. The lowest BCUT2D eigenvalue weighted by Crippen LogP contribution is -2.46. The highest BCUT2D eigenvalue weighted by Crippen LogP contribution is 2.34. The Morgan fingerprint density at radius 3 is 2.94 bits per heavy atom. The zero-order valence-electron chi connectivity index (χ0n) is 17.6. The lowest BCUT2D eigenvalue weighted by molar-refractivity contribution is -0.133. The second kappa shape index (κ2) is 8.94. The van der Waals surface area contributed by atoms with Crippen LogP contribution in [0.25, 0.3) is 10.2 Å². The lowest BCUT2D eigenvalue weighted by Gasteiger charge is -2.32. The number of nitrogens with one attached hydrogen (secondary N) is 2. The molecule has 3 heterocycles. The van der Waals surface area contributed by atoms with Gasteiger partial charge in [0.2, 0.25) is 11.8 Å². The van der Waals surface area contributed by atoms with Gasteiger partial charge in [0.15, 0.2) is 0 Å². The second-order valence-corrected chi connectivity index (χ2v) is 11.0. The summed E-state index contributed by atoms with van der Waals surface area (Å²) in [4.78, 5) is 49.1. The quantitative estimate of drug-likeness (QED) is 0.662. The van der Waals surface area contributed by atoms with Crippen LogP contribution in [0.4, 0.5) is 0 Å². The van der Waals surface area contributed by atoms with Gasteiger partial charge in [-0.15, -0.1) is 23.1 Å². The van der Waals surface area contributed by atoms with Crippen molar-refractivity contribution in [3.63, 3.8) is 0 Å². The SMILES string of the molecule is O=C(NCC1CC1)C1CCCN(C(=O)CSCc2nc3sc4c(c3c(=O)[nH]2)CCC4)C1. The van der Waals surface area contributed by atoms with Gasteiger partial charge in [0, 0.05) is 24.5 Å². The molecule has 2 aromatic heterocycles. The number of hydrogen-bond acceptors (Lipinski definition) is 6. The Balaban J connectivity index is 1.13. The van der Waals surface area contributed by atoms with Crippen molar-refractivity contribution >= 4 is 45.1 Å². The molecule has 0 spiro atoms. The largest absolute Gasteiger partial charge is 0.356 e. The van der Waals surface area contributed by atoms with Crippen LogP contribution in [0.3, 0.4) is 0 Å². The van der Waals surface area contributed by atoms with Gasteiger partial charge < -0.3 is 15.2 Å². The minimum Gasteiger partial charge on any atom is -0.356 e. The number of thiophene rings is 1. The third kappa shape index (κ3) is 4.67. The summed E-state index contributed by atoms with van der Waals surface area (Å²) in [5.41, 5.74) is 1.13. The van der Waals surface area contributed by atoms with E-state index in [0.29, 0.717) is 36.3 Å². The van der Waals surface area contributed by atoms with Gasteiger partial charge in [-0.1, -0.05) is 0 Å². The highest BCUT2D eigenvalue weighted by atomic mass is 32.2. The number of carbonyl (C=O) groups is 2. The van der Waals surface area contributed by atoms with Crippen molar-refractivity contribution in [1.82, 2.24) is 20.2 Å². The van der Waals surface area contributed by atoms with Crippen LogP contribution in [0.1, 0.15) is 48.4 Å². The molecule has 2 N–H and O–H groups in total. The van der Waals surface area contributed by atoms with Crippen molar-refractivity contribution < 1.29 is 9.59 Å². The van der Waals surface area contributed by atoms with Crippen LogP contribution < -0.4 is 10.9 Å². The van der Waals surface area contributed by atoms with E-state index < -0.39 is 0 Å². The second-order valence-electron chi connectivity index (χ2n) is 8.91. The summed E-state index contributed by atoms with van der Waals surface area (Å²) in [5, 5.41) is 3.81. The number of likely N-dealkylation sites (tertiary alicyclic amines) is 1. The molecule has 2 aliphatic carbocycles. The zero-order chi connectivity index (χ0) is 21.4. The number of nitrogens with zero attached hydrogens (tertiary/aromatic N) is 2. The Labute approximate surface area is 189 Å². The molecule has 1 atom stereocenters. The summed E-state index contributed by atoms with van der Waals surface area (Å²) >= 11 is 3.10. The number of aromatic nitrogens is 2. The van der Waals surface area contributed by atoms with Crippen LogP contribution in [-0.2, 0) is 28.2 Å². The summed E-state index contributed by atoms with van der Waals surface area (Å²) in [6, 6.07) is 0. The van der Waals surface area contributed by atoms with Crippen molar-refractivity contribution in [2.45, 2.75) is 50.7 Å². The van der Waals surface area contributed by atoms with Crippen LogP contribution >= 0.6 is 23.1 Å². The Morgan fingerprint density at radius 1 is 1.23 bits per heavy atom. The van der Waals surface area contributed by atoms with Crippen LogP contribution in [0.2, 0.25) is 0 Å². The number of carbonyl (C=O) groups excluding carboxylic acids is 2. The lowest BCUT2D eigenvalue weighted by atomic mass is 9.97. The van der Waals surface area contributed by atoms with E-state index in [9.17, 15) is 14.4 Å². The van der Waals surface area contributed by atoms with Gasteiger partial charge in [0.05, 0.1) is 22.8 Å². The maximum Gasteiger partial charge on any atom is 0.259 e. The van der Waals surface area contributed by atoms with E-state index in [0.717, 1.165) is 48.9 Å². The molecule has 166 valence electrons. The molecular weight excluding hydrogens is 432 g/mol. The fourth-order valence-corrected chi connectivity index (χ4v) is 6.64. The van der Waals surface area contributed by atoms with E-state index in [-0.39, 0.29) is 23.3 Å². The molecule has 1 unspecified atom stereocenters. The van der Waals surface area contributed by atoms with Gasteiger partial charge in [-0.3, -0.25) is 14.4 Å². The molecule has 2 fully saturated rings. The Kier molecular flexibility index (Phi) is 6.05. The summed E-state index contributed by atoms with van der Waals surface area (Å²) in [6.07, 6.45) is 7.29. The Morgan fingerprint density at radius 2 is 2.10 bits per heavy atom. The molecule has 3 aliphatic rings. The van der Waals surface area contributed by atoms with Crippen LogP contribution in [0, 0.1) is 11.8 Å². The maximum atomic E-state index is 12.7. The van der Waals surface area contributed by atoms with Crippen LogP contribution in [0.5, 0.6) is 0 Å². The minimum atomic E-state index is -0.0948. The average Bonchev–Trinajstić information content (AvgIpc) is 3.38. The molecule has 0 radical (unpaired) electrons. The number of H-pyrrole nitrogens is 1. The van der Waals surface area contributed by atoms with Crippen molar-refractivity contribution in [3.05, 3.63) is 26.6 Å². The first-order valence-corrected chi connectivity index (χ1v) is 13.2. The first kappa shape index (κ1) is 21.0. The number of hydrogen-bond donors (Lipinski definition) is 2. The third-order valence-electron chi connectivity index (χ3n) is 6.50. The summed E-state index contributed by atoms with van der Waals surface area (Å²) in [6.45, 7) is 2.01. The molecule has 2 amide bonds. The van der Waals surface area contributed by atoms with Crippen LogP contribution in [0.15, 0.2) is 4.79 Å². The molecule has 2 aromatic rings. The van der Waals surface area contributed by atoms with Crippen molar-refractivity contribution in [1.29, 1.82) is 0 Å². The molecule has 7 nitrogen and oxygen atoms in total. The van der Waals surface area contributed by atoms with Gasteiger partial charge in [0.25, 0.3) is 5.56 Å². The maximum absolute atomic E-state index is 12.7. The van der Waals surface area contributed by atoms with E-state index in [4.69, 9.17) is 0 Å². The monoisotopic (exact) mass is 460 g/mol. The smallest absolute Gasteiger partial charge is 0.259 e. The average molecular weight is 461 g/mol. The van der Waals surface area contributed by atoms with Gasteiger partial charge >= 0.3 is 0 Å². The fourth-order valence-electron chi connectivity index (χ4n) is 4.57.